The summed E-state index contributed by atoms with van der Waals surface area (Å²) in [4.78, 5) is 0. The number of benzene rings is 1. The van der Waals surface area contributed by atoms with Gasteiger partial charge in [-0.05, 0) is 12.5 Å². The van der Waals surface area contributed by atoms with Gasteiger partial charge in [0.05, 0.1) is 11.8 Å². The van der Waals surface area contributed by atoms with Gasteiger partial charge >= 0.3 is 0 Å². The van der Waals surface area contributed by atoms with Crippen molar-refractivity contribution in [3.63, 3.8) is 0 Å². The number of halogens is 1. The van der Waals surface area contributed by atoms with E-state index in [9.17, 15) is 10.2 Å². The number of nitrogen functional groups attached to an aromatic ring is 1. The molecule has 1 heterocycles. The van der Waals surface area contributed by atoms with E-state index in [0.29, 0.717) is 21.7 Å². The predicted octanol–water partition coefficient (Wildman–Crippen LogP) is 2.30. The SMILES string of the molecule is Cc1c(Cl)cc(O)c(O)c1-c1cnoc1N. The molecular weight excluding hydrogens is 232 g/mol. The summed E-state index contributed by atoms with van der Waals surface area (Å²) in [5.74, 6) is -0.553. The molecule has 0 amide bonds. The second-order valence-electron chi connectivity index (χ2n) is 3.33. The number of hydrogen-bond donors (Lipinski definition) is 3. The number of phenols is 2. The van der Waals surface area contributed by atoms with Gasteiger partial charge in [-0.3, -0.25) is 0 Å². The van der Waals surface area contributed by atoms with Gasteiger partial charge in [0.1, 0.15) is 0 Å². The van der Waals surface area contributed by atoms with E-state index in [2.05, 4.69) is 5.16 Å². The molecule has 0 saturated heterocycles. The standard InChI is InChI=1S/C10H9ClN2O3/c1-4-6(11)2-7(14)9(15)8(4)5-3-13-16-10(5)12/h2-3,14-15H,12H2,1H3. The smallest absolute Gasteiger partial charge is 0.230 e. The molecule has 0 saturated carbocycles. The first-order chi connectivity index (χ1) is 7.52. The Balaban J connectivity index is 2.79. The van der Waals surface area contributed by atoms with Crippen LogP contribution in [0.4, 0.5) is 5.88 Å². The first-order valence-electron chi connectivity index (χ1n) is 4.44. The molecule has 0 unspecified atom stereocenters. The fourth-order valence-corrected chi connectivity index (χ4v) is 1.69. The van der Waals surface area contributed by atoms with E-state index in [1.54, 1.807) is 6.92 Å². The van der Waals surface area contributed by atoms with Gasteiger partial charge < -0.3 is 20.5 Å². The van der Waals surface area contributed by atoms with Crippen molar-refractivity contribution in [1.82, 2.24) is 5.16 Å². The quantitative estimate of drug-likeness (QED) is 0.665. The molecule has 84 valence electrons. The van der Waals surface area contributed by atoms with Gasteiger partial charge in [0.15, 0.2) is 11.5 Å². The maximum atomic E-state index is 9.77. The van der Waals surface area contributed by atoms with Crippen LogP contribution in [0.1, 0.15) is 5.56 Å². The zero-order valence-electron chi connectivity index (χ0n) is 8.36. The number of aromatic hydroxyl groups is 2. The summed E-state index contributed by atoms with van der Waals surface area (Å²) >= 11 is 5.90. The van der Waals surface area contributed by atoms with Crippen molar-refractivity contribution < 1.29 is 14.7 Å². The highest BCUT2D eigenvalue weighted by Gasteiger charge is 2.19. The third-order valence-electron chi connectivity index (χ3n) is 2.34. The van der Waals surface area contributed by atoms with Crippen molar-refractivity contribution >= 4 is 17.5 Å². The molecule has 4 N–H and O–H groups in total. The van der Waals surface area contributed by atoms with Crippen molar-refractivity contribution in [2.75, 3.05) is 5.73 Å². The molecule has 0 aliphatic carbocycles. The summed E-state index contributed by atoms with van der Waals surface area (Å²) in [6, 6.07) is 1.26. The Hall–Kier alpha value is -1.88. The molecule has 16 heavy (non-hydrogen) atoms. The molecule has 0 fully saturated rings. The number of aromatic nitrogens is 1. The van der Waals surface area contributed by atoms with Crippen LogP contribution in [0.15, 0.2) is 16.8 Å². The Kier molecular flexibility index (Phi) is 2.40. The first kappa shape index (κ1) is 10.6. The van der Waals surface area contributed by atoms with E-state index in [1.165, 1.54) is 12.3 Å². The average molecular weight is 241 g/mol. The average Bonchev–Trinajstić information content (AvgIpc) is 2.63. The van der Waals surface area contributed by atoms with Gasteiger partial charge in [-0.2, -0.15) is 0 Å². The second kappa shape index (κ2) is 3.61. The summed E-state index contributed by atoms with van der Waals surface area (Å²) in [5, 5.41) is 23.1. The molecule has 0 radical (unpaired) electrons. The highest BCUT2D eigenvalue weighted by Crippen LogP contribution is 2.44. The van der Waals surface area contributed by atoms with E-state index >= 15 is 0 Å². The molecule has 1 aromatic carbocycles. The van der Waals surface area contributed by atoms with Crippen LogP contribution in [0.2, 0.25) is 5.02 Å². The Morgan fingerprint density at radius 2 is 2.12 bits per heavy atom. The maximum absolute atomic E-state index is 9.77. The predicted molar refractivity (Wildman–Crippen MR) is 59.4 cm³/mol. The van der Waals surface area contributed by atoms with E-state index in [0.717, 1.165) is 0 Å². The Labute approximate surface area is 96.1 Å². The monoisotopic (exact) mass is 240 g/mol. The summed E-state index contributed by atoms with van der Waals surface area (Å²) < 4.78 is 4.70. The van der Waals surface area contributed by atoms with Gasteiger partial charge in [-0.15, -0.1) is 0 Å². The van der Waals surface area contributed by atoms with E-state index in [-0.39, 0.29) is 17.4 Å². The Bertz CT molecular complexity index is 525. The topological polar surface area (TPSA) is 92.5 Å². The molecule has 2 aromatic rings. The van der Waals surface area contributed by atoms with Gasteiger partial charge in [0.2, 0.25) is 5.88 Å². The summed E-state index contributed by atoms with van der Waals surface area (Å²) in [7, 11) is 0. The lowest BCUT2D eigenvalue weighted by molar-refractivity contribution is 0.405. The number of nitrogens with zero attached hydrogens (tertiary/aromatic N) is 1. The lowest BCUT2D eigenvalue weighted by atomic mass is 10.0. The van der Waals surface area contributed by atoms with Crippen LogP contribution < -0.4 is 5.73 Å². The molecular formula is C10H9ClN2O3. The van der Waals surface area contributed by atoms with Crippen molar-refractivity contribution in [1.29, 1.82) is 0 Å². The van der Waals surface area contributed by atoms with Crippen LogP contribution in [0.5, 0.6) is 11.5 Å². The van der Waals surface area contributed by atoms with Crippen molar-refractivity contribution in [3.05, 3.63) is 22.8 Å². The van der Waals surface area contributed by atoms with Gasteiger partial charge in [0.25, 0.3) is 0 Å². The minimum atomic E-state index is -0.314. The third kappa shape index (κ3) is 1.45. The van der Waals surface area contributed by atoms with Crippen LogP contribution in [0.25, 0.3) is 11.1 Å². The summed E-state index contributed by atoms with van der Waals surface area (Å²) in [6.45, 7) is 1.70. The molecule has 1 aromatic heterocycles. The number of rotatable bonds is 1. The molecule has 0 bridgehead atoms. The van der Waals surface area contributed by atoms with Crippen LogP contribution in [-0.4, -0.2) is 15.4 Å². The molecule has 0 aliphatic heterocycles. The largest absolute Gasteiger partial charge is 0.504 e. The second-order valence-corrected chi connectivity index (χ2v) is 3.74. The van der Waals surface area contributed by atoms with E-state index in [1.807, 2.05) is 0 Å². The van der Waals surface area contributed by atoms with E-state index < -0.39 is 0 Å². The highest BCUT2D eigenvalue weighted by molar-refractivity contribution is 6.32. The minimum Gasteiger partial charge on any atom is -0.504 e. The maximum Gasteiger partial charge on any atom is 0.230 e. The number of hydrogen-bond acceptors (Lipinski definition) is 5. The van der Waals surface area contributed by atoms with Gasteiger partial charge in [-0.25, -0.2) is 0 Å². The summed E-state index contributed by atoms with van der Waals surface area (Å²) in [5.41, 5.74) is 6.85. The molecule has 6 heteroatoms. The van der Waals surface area contributed by atoms with Crippen LogP contribution in [-0.2, 0) is 0 Å². The Morgan fingerprint density at radius 1 is 1.44 bits per heavy atom. The zero-order chi connectivity index (χ0) is 11.9. The van der Waals surface area contributed by atoms with Gasteiger partial charge in [-0.1, -0.05) is 16.8 Å². The number of phenolic OH excluding ortho intramolecular Hbond substituents is 2. The summed E-state index contributed by atoms with van der Waals surface area (Å²) in [6.07, 6.45) is 1.35. The van der Waals surface area contributed by atoms with Gasteiger partial charge in [0, 0.05) is 16.7 Å². The number of anilines is 1. The Morgan fingerprint density at radius 3 is 2.69 bits per heavy atom. The molecule has 0 spiro atoms. The van der Waals surface area contributed by atoms with Crippen molar-refractivity contribution in [2.24, 2.45) is 0 Å². The first-order valence-corrected chi connectivity index (χ1v) is 4.81. The van der Waals surface area contributed by atoms with Crippen LogP contribution in [0.3, 0.4) is 0 Å². The molecule has 5 nitrogen and oxygen atoms in total. The van der Waals surface area contributed by atoms with Crippen LogP contribution in [0, 0.1) is 6.92 Å². The number of nitrogens with two attached hydrogens (primary N) is 1. The minimum absolute atomic E-state index is 0.0556. The fraction of sp³-hybridized carbons (Fsp3) is 0.100. The molecule has 0 atom stereocenters. The molecule has 2 rings (SSSR count). The lowest BCUT2D eigenvalue weighted by Gasteiger charge is -2.10. The molecule has 0 aliphatic rings. The van der Waals surface area contributed by atoms with Crippen molar-refractivity contribution in [3.8, 4) is 22.6 Å². The fourth-order valence-electron chi connectivity index (χ4n) is 1.49. The zero-order valence-corrected chi connectivity index (χ0v) is 9.12. The van der Waals surface area contributed by atoms with E-state index in [4.69, 9.17) is 21.9 Å². The van der Waals surface area contributed by atoms with Crippen molar-refractivity contribution in [2.45, 2.75) is 6.92 Å². The lowest BCUT2D eigenvalue weighted by Crippen LogP contribution is -1.90. The normalized spacial score (nSPS) is 10.6. The van der Waals surface area contributed by atoms with Crippen LogP contribution >= 0.6 is 11.6 Å². The third-order valence-corrected chi connectivity index (χ3v) is 2.74. The highest BCUT2D eigenvalue weighted by atomic mass is 35.5.